The van der Waals surface area contributed by atoms with E-state index in [1.807, 2.05) is 6.07 Å². The Morgan fingerprint density at radius 1 is 1.30 bits per heavy atom. The fourth-order valence-electron chi connectivity index (χ4n) is 1.84. The summed E-state index contributed by atoms with van der Waals surface area (Å²) in [5.74, 6) is 0.159. The standard InChI is InChI=1S/C16H11F3N2O2/c1-23-15-7-10(2-5-14(15)22)6-11(8-20)13-4-3-12(9-21-13)16(17,18)19/h2-7,9,22H,1H3/b11-6-. The Kier molecular flexibility index (Phi) is 4.55. The van der Waals surface area contributed by atoms with Crippen molar-refractivity contribution in [1.29, 1.82) is 5.26 Å². The Labute approximate surface area is 130 Å². The predicted octanol–water partition coefficient (Wildman–Crippen LogP) is 3.88. The number of hydrogen-bond donors (Lipinski definition) is 1. The van der Waals surface area contributed by atoms with Crippen LogP contribution in [0.1, 0.15) is 16.8 Å². The largest absolute Gasteiger partial charge is 0.504 e. The molecule has 0 saturated heterocycles. The molecule has 0 amide bonds. The summed E-state index contributed by atoms with van der Waals surface area (Å²) in [5.41, 5.74) is -0.137. The second-order valence-electron chi connectivity index (χ2n) is 4.53. The van der Waals surface area contributed by atoms with E-state index in [1.54, 1.807) is 6.07 Å². The number of nitriles is 1. The second-order valence-corrected chi connectivity index (χ2v) is 4.53. The summed E-state index contributed by atoms with van der Waals surface area (Å²) in [7, 11) is 1.38. The van der Waals surface area contributed by atoms with Crippen LogP contribution in [0, 0.1) is 11.3 Å². The molecule has 0 unspecified atom stereocenters. The van der Waals surface area contributed by atoms with Crippen molar-refractivity contribution in [3.05, 3.63) is 53.3 Å². The smallest absolute Gasteiger partial charge is 0.417 e. The van der Waals surface area contributed by atoms with Crippen molar-refractivity contribution >= 4 is 11.6 Å². The molecule has 0 spiro atoms. The predicted molar refractivity (Wildman–Crippen MR) is 77.4 cm³/mol. The van der Waals surface area contributed by atoms with Gasteiger partial charge in [0.1, 0.15) is 6.07 Å². The van der Waals surface area contributed by atoms with E-state index in [0.29, 0.717) is 11.8 Å². The lowest BCUT2D eigenvalue weighted by Crippen LogP contribution is -2.05. The van der Waals surface area contributed by atoms with Crippen LogP contribution in [0.3, 0.4) is 0 Å². The fourth-order valence-corrected chi connectivity index (χ4v) is 1.84. The van der Waals surface area contributed by atoms with Gasteiger partial charge >= 0.3 is 6.18 Å². The molecule has 0 aliphatic carbocycles. The van der Waals surface area contributed by atoms with Gasteiger partial charge in [0, 0.05) is 6.20 Å². The summed E-state index contributed by atoms with van der Waals surface area (Å²) in [5, 5.41) is 18.7. The molecule has 0 bridgehead atoms. The highest BCUT2D eigenvalue weighted by molar-refractivity contribution is 5.88. The van der Waals surface area contributed by atoms with Crippen LogP contribution in [0.4, 0.5) is 13.2 Å². The highest BCUT2D eigenvalue weighted by atomic mass is 19.4. The van der Waals surface area contributed by atoms with E-state index in [9.17, 15) is 23.5 Å². The Morgan fingerprint density at radius 2 is 2.04 bits per heavy atom. The highest BCUT2D eigenvalue weighted by Crippen LogP contribution is 2.30. The Bertz CT molecular complexity index is 775. The zero-order valence-electron chi connectivity index (χ0n) is 11.9. The number of hydrogen-bond acceptors (Lipinski definition) is 4. The van der Waals surface area contributed by atoms with Gasteiger partial charge in [0.05, 0.1) is 23.9 Å². The molecule has 7 heteroatoms. The first kappa shape index (κ1) is 16.4. The first-order valence-electron chi connectivity index (χ1n) is 6.37. The molecule has 0 atom stereocenters. The van der Waals surface area contributed by atoms with Crippen molar-refractivity contribution < 1.29 is 23.0 Å². The van der Waals surface area contributed by atoms with E-state index in [4.69, 9.17) is 4.74 Å². The molecular formula is C16H11F3N2O2. The summed E-state index contributed by atoms with van der Waals surface area (Å²) in [6, 6.07) is 8.32. The van der Waals surface area contributed by atoms with Gasteiger partial charge in [0.25, 0.3) is 0 Å². The number of aromatic nitrogens is 1. The summed E-state index contributed by atoms with van der Waals surface area (Å²) in [6.07, 6.45) is -2.36. The van der Waals surface area contributed by atoms with Crippen molar-refractivity contribution in [2.75, 3.05) is 7.11 Å². The Hall–Kier alpha value is -3.01. The molecule has 0 radical (unpaired) electrons. The van der Waals surface area contributed by atoms with Crippen LogP contribution in [0.25, 0.3) is 11.6 Å². The number of nitrogens with zero attached hydrogens (tertiary/aromatic N) is 2. The topological polar surface area (TPSA) is 66.1 Å². The van der Waals surface area contributed by atoms with Crippen LogP contribution in [-0.2, 0) is 6.18 Å². The van der Waals surface area contributed by atoms with Gasteiger partial charge in [-0.05, 0) is 35.9 Å². The number of halogens is 3. The van der Waals surface area contributed by atoms with Crippen molar-refractivity contribution in [3.8, 4) is 17.6 Å². The third-order valence-corrected chi connectivity index (χ3v) is 3.00. The quantitative estimate of drug-likeness (QED) is 0.872. The number of methoxy groups -OCH3 is 1. The minimum atomic E-state index is -4.48. The molecule has 2 aromatic rings. The van der Waals surface area contributed by atoms with Gasteiger partial charge in [-0.3, -0.25) is 4.98 Å². The molecule has 0 aliphatic rings. The van der Waals surface area contributed by atoms with Gasteiger partial charge in [-0.1, -0.05) is 6.07 Å². The van der Waals surface area contributed by atoms with E-state index < -0.39 is 11.7 Å². The molecule has 0 saturated carbocycles. The maximum atomic E-state index is 12.5. The number of allylic oxidation sites excluding steroid dienone is 1. The molecule has 4 nitrogen and oxygen atoms in total. The van der Waals surface area contributed by atoms with Crippen LogP contribution < -0.4 is 4.74 Å². The number of benzene rings is 1. The second kappa shape index (κ2) is 6.40. The van der Waals surface area contributed by atoms with E-state index in [0.717, 1.165) is 12.1 Å². The summed E-state index contributed by atoms with van der Waals surface area (Å²) < 4.78 is 42.5. The Morgan fingerprint density at radius 3 is 2.57 bits per heavy atom. The molecular weight excluding hydrogens is 309 g/mol. The van der Waals surface area contributed by atoms with Gasteiger partial charge in [0.2, 0.25) is 0 Å². The number of rotatable bonds is 3. The van der Waals surface area contributed by atoms with E-state index in [1.165, 1.54) is 25.3 Å². The number of pyridine rings is 1. The first-order chi connectivity index (χ1) is 10.8. The minimum Gasteiger partial charge on any atom is -0.504 e. The molecule has 1 heterocycles. The number of phenols is 1. The average molecular weight is 320 g/mol. The number of phenolic OH excluding ortho intramolecular Hbond substituents is 1. The van der Waals surface area contributed by atoms with Crippen molar-refractivity contribution in [1.82, 2.24) is 4.98 Å². The lowest BCUT2D eigenvalue weighted by atomic mass is 10.1. The molecule has 1 N–H and O–H groups in total. The number of ether oxygens (including phenoxy) is 1. The van der Waals surface area contributed by atoms with Crippen LogP contribution in [0.5, 0.6) is 11.5 Å². The third kappa shape index (κ3) is 3.80. The first-order valence-corrected chi connectivity index (χ1v) is 6.37. The van der Waals surface area contributed by atoms with Crippen LogP contribution in [0.2, 0.25) is 0 Å². The van der Waals surface area contributed by atoms with Gasteiger partial charge in [0.15, 0.2) is 11.5 Å². The van der Waals surface area contributed by atoms with Crippen molar-refractivity contribution in [3.63, 3.8) is 0 Å². The minimum absolute atomic E-state index is 0.0594. The van der Waals surface area contributed by atoms with E-state index in [2.05, 4.69) is 4.98 Å². The fraction of sp³-hybridized carbons (Fsp3) is 0.125. The molecule has 0 fully saturated rings. The molecule has 23 heavy (non-hydrogen) atoms. The molecule has 118 valence electrons. The van der Waals surface area contributed by atoms with Gasteiger partial charge < -0.3 is 9.84 Å². The van der Waals surface area contributed by atoms with Crippen LogP contribution in [0.15, 0.2) is 36.5 Å². The van der Waals surface area contributed by atoms with Gasteiger partial charge in [-0.25, -0.2) is 0 Å². The SMILES string of the molecule is COc1cc(/C=C(/C#N)c2ccc(C(F)(F)F)cn2)ccc1O. The highest BCUT2D eigenvalue weighted by Gasteiger charge is 2.30. The average Bonchev–Trinajstić information content (AvgIpc) is 2.53. The summed E-state index contributed by atoms with van der Waals surface area (Å²) >= 11 is 0. The summed E-state index contributed by atoms with van der Waals surface area (Å²) in [6.45, 7) is 0. The monoisotopic (exact) mass is 320 g/mol. The number of alkyl halides is 3. The molecule has 2 rings (SSSR count). The molecule has 0 aliphatic heterocycles. The van der Waals surface area contributed by atoms with Crippen LogP contribution in [-0.4, -0.2) is 17.2 Å². The van der Waals surface area contributed by atoms with E-state index >= 15 is 0 Å². The van der Waals surface area contributed by atoms with Gasteiger partial charge in [-0.15, -0.1) is 0 Å². The third-order valence-electron chi connectivity index (χ3n) is 3.00. The zero-order chi connectivity index (χ0) is 17.0. The van der Waals surface area contributed by atoms with Gasteiger partial charge in [-0.2, -0.15) is 18.4 Å². The van der Waals surface area contributed by atoms with E-state index in [-0.39, 0.29) is 22.8 Å². The zero-order valence-corrected chi connectivity index (χ0v) is 11.9. The van der Waals surface area contributed by atoms with Crippen molar-refractivity contribution in [2.45, 2.75) is 6.18 Å². The maximum Gasteiger partial charge on any atom is 0.417 e. The number of aromatic hydroxyl groups is 1. The lowest BCUT2D eigenvalue weighted by molar-refractivity contribution is -0.137. The molecule has 1 aromatic carbocycles. The Balaban J connectivity index is 2.38. The maximum absolute atomic E-state index is 12.5. The summed E-state index contributed by atoms with van der Waals surface area (Å²) in [4.78, 5) is 3.68. The lowest BCUT2D eigenvalue weighted by Gasteiger charge is -2.07. The van der Waals surface area contributed by atoms with Crippen molar-refractivity contribution in [2.24, 2.45) is 0 Å². The van der Waals surface area contributed by atoms with Crippen LogP contribution >= 0.6 is 0 Å². The molecule has 1 aromatic heterocycles. The normalized spacial score (nSPS) is 11.9.